The van der Waals surface area contributed by atoms with E-state index in [-0.39, 0.29) is 11.8 Å². The molecular formula is C16H18N2O2S. The molecule has 3 rings (SSSR count). The SMILES string of the molecule is O=S(=O)(Cc1ccccc1)N1CCC[C@@H]1c1cccnc1. The smallest absolute Gasteiger partial charge is 0.218 e. The Labute approximate surface area is 125 Å². The molecule has 1 saturated heterocycles. The average molecular weight is 302 g/mol. The van der Waals surface area contributed by atoms with Gasteiger partial charge in [-0.1, -0.05) is 36.4 Å². The minimum absolute atomic E-state index is 0.0601. The zero-order valence-electron chi connectivity index (χ0n) is 11.7. The number of hydrogen-bond donors (Lipinski definition) is 0. The van der Waals surface area contributed by atoms with E-state index >= 15 is 0 Å². The van der Waals surface area contributed by atoms with Crippen LogP contribution in [0.25, 0.3) is 0 Å². The Kier molecular flexibility index (Phi) is 4.03. The first-order valence-electron chi connectivity index (χ1n) is 7.10. The highest BCUT2D eigenvalue weighted by Crippen LogP contribution is 2.34. The highest BCUT2D eigenvalue weighted by molar-refractivity contribution is 7.88. The number of aromatic nitrogens is 1. The summed E-state index contributed by atoms with van der Waals surface area (Å²) in [5, 5.41) is 0. The van der Waals surface area contributed by atoms with E-state index in [1.807, 2.05) is 42.5 Å². The largest absolute Gasteiger partial charge is 0.264 e. The minimum atomic E-state index is -3.30. The van der Waals surface area contributed by atoms with Crippen molar-refractivity contribution in [2.75, 3.05) is 6.54 Å². The van der Waals surface area contributed by atoms with Gasteiger partial charge in [-0.05, 0) is 30.0 Å². The van der Waals surface area contributed by atoms with Crippen LogP contribution >= 0.6 is 0 Å². The molecule has 1 aromatic heterocycles. The molecule has 0 saturated carbocycles. The van der Waals surface area contributed by atoms with Gasteiger partial charge in [0.05, 0.1) is 11.8 Å². The summed E-state index contributed by atoms with van der Waals surface area (Å²) in [6.45, 7) is 0.592. The first-order chi connectivity index (χ1) is 10.2. The third-order valence-electron chi connectivity index (χ3n) is 3.82. The maximum Gasteiger partial charge on any atom is 0.218 e. The van der Waals surface area contributed by atoms with Gasteiger partial charge in [0.25, 0.3) is 0 Å². The van der Waals surface area contributed by atoms with Gasteiger partial charge in [-0.3, -0.25) is 4.98 Å². The predicted octanol–water partition coefficient (Wildman–Crippen LogP) is 2.75. The number of sulfonamides is 1. The summed E-state index contributed by atoms with van der Waals surface area (Å²) in [7, 11) is -3.30. The summed E-state index contributed by atoms with van der Waals surface area (Å²) < 4.78 is 27.0. The maximum absolute atomic E-state index is 12.7. The van der Waals surface area contributed by atoms with Crippen molar-refractivity contribution in [1.82, 2.24) is 9.29 Å². The van der Waals surface area contributed by atoms with Crippen LogP contribution in [-0.4, -0.2) is 24.3 Å². The Morgan fingerprint density at radius 3 is 2.67 bits per heavy atom. The molecule has 110 valence electrons. The fraction of sp³-hybridized carbons (Fsp3) is 0.312. The molecule has 2 heterocycles. The highest BCUT2D eigenvalue weighted by atomic mass is 32.2. The summed E-state index contributed by atoms with van der Waals surface area (Å²) >= 11 is 0. The zero-order valence-corrected chi connectivity index (χ0v) is 12.5. The Morgan fingerprint density at radius 1 is 1.14 bits per heavy atom. The van der Waals surface area contributed by atoms with Gasteiger partial charge in [-0.2, -0.15) is 4.31 Å². The molecule has 21 heavy (non-hydrogen) atoms. The van der Waals surface area contributed by atoms with Crippen molar-refractivity contribution in [3.05, 3.63) is 66.0 Å². The van der Waals surface area contributed by atoms with Gasteiger partial charge in [0.1, 0.15) is 0 Å². The topological polar surface area (TPSA) is 50.3 Å². The molecule has 5 heteroatoms. The van der Waals surface area contributed by atoms with Crippen LogP contribution in [-0.2, 0) is 15.8 Å². The maximum atomic E-state index is 12.7. The molecule has 1 atom stereocenters. The molecule has 1 aliphatic rings. The fourth-order valence-corrected chi connectivity index (χ4v) is 4.65. The van der Waals surface area contributed by atoms with Gasteiger partial charge in [-0.15, -0.1) is 0 Å². The summed E-state index contributed by atoms with van der Waals surface area (Å²) in [4.78, 5) is 4.11. The van der Waals surface area contributed by atoms with Crippen LogP contribution in [0.4, 0.5) is 0 Å². The Hall–Kier alpha value is -1.72. The molecule has 1 fully saturated rings. The van der Waals surface area contributed by atoms with Gasteiger partial charge < -0.3 is 0 Å². The van der Waals surface area contributed by atoms with Crippen molar-refractivity contribution in [3.63, 3.8) is 0 Å². The molecule has 1 aromatic carbocycles. The fourth-order valence-electron chi connectivity index (χ4n) is 2.85. The minimum Gasteiger partial charge on any atom is -0.264 e. The van der Waals surface area contributed by atoms with E-state index in [0.29, 0.717) is 6.54 Å². The first kappa shape index (κ1) is 14.2. The highest BCUT2D eigenvalue weighted by Gasteiger charge is 2.35. The molecule has 0 amide bonds. The van der Waals surface area contributed by atoms with Crippen molar-refractivity contribution in [2.24, 2.45) is 0 Å². The molecule has 0 unspecified atom stereocenters. The Balaban J connectivity index is 1.84. The second-order valence-corrected chi connectivity index (χ2v) is 7.22. The third kappa shape index (κ3) is 3.14. The summed E-state index contributed by atoms with van der Waals surface area (Å²) in [5.74, 6) is 0.0601. The van der Waals surface area contributed by atoms with Crippen LogP contribution in [0.3, 0.4) is 0 Å². The van der Waals surface area contributed by atoms with Crippen LogP contribution in [0.5, 0.6) is 0 Å². The standard InChI is InChI=1S/C16H18N2O2S/c19-21(20,13-14-6-2-1-3-7-14)18-11-5-9-16(18)15-8-4-10-17-12-15/h1-4,6-8,10,12,16H,5,9,11,13H2/t16-/m1/s1. The van der Waals surface area contributed by atoms with Crippen molar-refractivity contribution in [3.8, 4) is 0 Å². The molecule has 0 radical (unpaired) electrons. The van der Waals surface area contributed by atoms with Crippen molar-refractivity contribution < 1.29 is 8.42 Å². The first-order valence-corrected chi connectivity index (χ1v) is 8.71. The van der Waals surface area contributed by atoms with Gasteiger partial charge in [0.15, 0.2) is 0 Å². The van der Waals surface area contributed by atoms with Crippen LogP contribution in [0.2, 0.25) is 0 Å². The molecular weight excluding hydrogens is 284 g/mol. The second-order valence-electron chi connectivity index (χ2n) is 5.30. The van der Waals surface area contributed by atoms with E-state index in [0.717, 1.165) is 24.0 Å². The van der Waals surface area contributed by atoms with Crippen LogP contribution < -0.4 is 0 Å². The lowest BCUT2D eigenvalue weighted by Gasteiger charge is -2.24. The molecule has 1 aliphatic heterocycles. The van der Waals surface area contributed by atoms with Gasteiger partial charge in [0, 0.05) is 18.9 Å². The van der Waals surface area contributed by atoms with E-state index in [9.17, 15) is 8.42 Å². The molecule has 0 N–H and O–H groups in total. The Morgan fingerprint density at radius 2 is 1.95 bits per heavy atom. The van der Waals surface area contributed by atoms with E-state index in [1.54, 1.807) is 16.7 Å². The quantitative estimate of drug-likeness (QED) is 0.872. The van der Waals surface area contributed by atoms with Crippen LogP contribution in [0.1, 0.15) is 30.0 Å². The molecule has 2 aromatic rings. The second kappa shape index (κ2) is 5.95. The average Bonchev–Trinajstić information content (AvgIpc) is 2.99. The van der Waals surface area contributed by atoms with Crippen molar-refractivity contribution in [2.45, 2.75) is 24.6 Å². The van der Waals surface area contributed by atoms with E-state index in [1.165, 1.54) is 0 Å². The molecule has 0 aliphatic carbocycles. The van der Waals surface area contributed by atoms with E-state index < -0.39 is 10.0 Å². The number of benzene rings is 1. The Bertz CT molecular complexity index is 687. The number of hydrogen-bond acceptors (Lipinski definition) is 3. The lowest BCUT2D eigenvalue weighted by Crippen LogP contribution is -2.31. The van der Waals surface area contributed by atoms with E-state index in [2.05, 4.69) is 4.98 Å². The van der Waals surface area contributed by atoms with Gasteiger partial charge in [-0.25, -0.2) is 8.42 Å². The normalized spacial score (nSPS) is 19.7. The van der Waals surface area contributed by atoms with E-state index in [4.69, 9.17) is 0 Å². The van der Waals surface area contributed by atoms with Crippen LogP contribution in [0, 0.1) is 0 Å². The van der Waals surface area contributed by atoms with Crippen molar-refractivity contribution in [1.29, 1.82) is 0 Å². The molecule has 4 nitrogen and oxygen atoms in total. The number of nitrogens with zero attached hydrogens (tertiary/aromatic N) is 2. The third-order valence-corrected chi connectivity index (χ3v) is 5.67. The lowest BCUT2D eigenvalue weighted by atomic mass is 10.1. The number of pyridine rings is 1. The zero-order chi connectivity index (χ0) is 14.7. The molecule has 0 spiro atoms. The molecule has 0 bridgehead atoms. The summed E-state index contributed by atoms with van der Waals surface area (Å²) in [5.41, 5.74) is 1.81. The summed E-state index contributed by atoms with van der Waals surface area (Å²) in [6.07, 6.45) is 5.23. The van der Waals surface area contributed by atoms with Gasteiger partial charge in [0.2, 0.25) is 10.0 Å². The van der Waals surface area contributed by atoms with Gasteiger partial charge >= 0.3 is 0 Å². The lowest BCUT2D eigenvalue weighted by molar-refractivity contribution is 0.395. The van der Waals surface area contributed by atoms with Crippen LogP contribution in [0.15, 0.2) is 54.9 Å². The number of rotatable bonds is 4. The summed E-state index contributed by atoms with van der Waals surface area (Å²) in [6, 6.07) is 13.1. The predicted molar refractivity (Wildman–Crippen MR) is 82.0 cm³/mol. The monoisotopic (exact) mass is 302 g/mol. The van der Waals surface area contributed by atoms with Crippen molar-refractivity contribution >= 4 is 10.0 Å².